The van der Waals surface area contributed by atoms with Crippen molar-refractivity contribution in [3.63, 3.8) is 0 Å². The largest absolute Gasteiger partial charge is 0.374 e. The molecule has 0 spiro atoms. The summed E-state index contributed by atoms with van der Waals surface area (Å²) in [6.07, 6.45) is 3.21. The van der Waals surface area contributed by atoms with E-state index in [-0.39, 0.29) is 35.8 Å². The van der Waals surface area contributed by atoms with Crippen LogP contribution in [0.2, 0.25) is 0 Å². The van der Waals surface area contributed by atoms with Crippen LogP contribution in [0.15, 0.2) is 29.3 Å². The molecule has 4 atom stereocenters. The molecule has 1 aromatic rings. The summed E-state index contributed by atoms with van der Waals surface area (Å²) in [5, 5.41) is 3.38. The summed E-state index contributed by atoms with van der Waals surface area (Å²) in [7, 11) is 0. The maximum atomic E-state index is 12.5. The van der Waals surface area contributed by atoms with Crippen LogP contribution in [0.4, 0.5) is 0 Å². The average molecular weight is 510 g/mol. The Morgan fingerprint density at radius 2 is 1.69 bits per heavy atom. The molecule has 4 heterocycles. The molecule has 2 bridgehead atoms. The van der Waals surface area contributed by atoms with E-state index in [1.54, 1.807) is 24.3 Å². The van der Waals surface area contributed by atoms with Gasteiger partial charge in [0.1, 0.15) is 0 Å². The van der Waals surface area contributed by atoms with Gasteiger partial charge in [-0.15, -0.1) is 24.0 Å². The van der Waals surface area contributed by atoms with Crippen molar-refractivity contribution in [3.8, 4) is 0 Å². The third-order valence-corrected chi connectivity index (χ3v) is 6.55. The highest BCUT2D eigenvalue weighted by Crippen LogP contribution is 2.47. The molecule has 0 saturated carbocycles. The van der Waals surface area contributed by atoms with Gasteiger partial charge in [0.15, 0.2) is 5.96 Å². The lowest BCUT2D eigenvalue weighted by molar-refractivity contribution is 0.0658. The number of benzene rings is 1. The van der Waals surface area contributed by atoms with Gasteiger partial charge in [-0.2, -0.15) is 0 Å². The number of likely N-dealkylation sites (tertiary alicyclic amines) is 1. The Morgan fingerprint density at radius 3 is 2.24 bits per heavy atom. The van der Waals surface area contributed by atoms with E-state index in [0.29, 0.717) is 48.3 Å². The van der Waals surface area contributed by atoms with E-state index in [1.807, 2.05) is 0 Å². The smallest absolute Gasteiger partial charge is 0.261 e. The number of halogens is 1. The highest BCUT2D eigenvalue weighted by molar-refractivity contribution is 14.0. The Balaban J connectivity index is 0.00000205. The number of carbonyl (C=O) groups is 2. The molecular formula is C21H27IN4O3. The molecule has 4 aliphatic heterocycles. The number of rotatable bonds is 4. The lowest BCUT2D eigenvalue weighted by atomic mass is 9.82. The predicted octanol–water partition coefficient (Wildman–Crippen LogP) is 1.98. The number of aliphatic imine (C=N–C) groups is 1. The van der Waals surface area contributed by atoms with E-state index in [1.165, 1.54) is 17.7 Å². The van der Waals surface area contributed by atoms with Gasteiger partial charge < -0.3 is 15.0 Å². The fourth-order valence-electron chi connectivity index (χ4n) is 5.26. The molecule has 0 aromatic heterocycles. The molecule has 0 aliphatic carbocycles. The summed E-state index contributed by atoms with van der Waals surface area (Å²) < 4.78 is 6.06. The minimum atomic E-state index is -0.217. The zero-order chi connectivity index (χ0) is 19.3. The lowest BCUT2D eigenvalue weighted by Crippen LogP contribution is -2.42. The number of nitrogens with one attached hydrogen (secondary N) is 1. The second kappa shape index (κ2) is 8.22. The van der Waals surface area contributed by atoms with Crippen molar-refractivity contribution in [2.24, 2.45) is 16.8 Å². The number of guanidine groups is 1. The van der Waals surface area contributed by atoms with Crippen LogP contribution in [0.25, 0.3) is 0 Å². The topological polar surface area (TPSA) is 74.2 Å². The number of fused-ring (bicyclic) bond motifs is 6. The molecule has 29 heavy (non-hydrogen) atoms. The van der Waals surface area contributed by atoms with Crippen LogP contribution < -0.4 is 5.32 Å². The molecule has 8 heteroatoms. The Labute approximate surface area is 187 Å². The van der Waals surface area contributed by atoms with Crippen molar-refractivity contribution in [1.82, 2.24) is 15.1 Å². The highest BCUT2D eigenvalue weighted by atomic mass is 127. The quantitative estimate of drug-likeness (QED) is 0.290. The first kappa shape index (κ1) is 20.6. The monoisotopic (exact) mass is 510 g/mol. The van der Waals surface area contributed by atoms with Crippen molar-refractivity contribution in [1.29, 1.82) is 0 Å². The summed E-state index contributed by atoms with van der Waals surface area (Å²) in [5.74, 6) is 1.67. The fraction of sp³-hybridized carbons (Fsp3) is 0.571. The van der Waals surface area contributed by atoms with Crippen molar-refractivity contribution >= 4 is 41.8 Å². The summed E-state index contributed by atoms with van der Waals surface area (Å²) in [6, 6.07) is 7.00. The van der Waals surface area contributed by atoms with Crippen LogP contribution in [0.3, 0.4) is 0 Å². The van der Waals surface area contributed by atoms with E-state index < -0.39 is 0 Å². The molecule has 3 saturated heterocycles. The van der Waals surface area contributed by atoms with E-state index in [2.05, 4.69) is 17.1 Å². The first-order valence-electron chi connectivity index (χ1n) is 10.3. The number of hydrogen-bond donors (Lipinski definition) is 1. The van der Waals surface area contributed by atoms with E-state index in [0.717, 1.165) is 25.6 Å². The van der Waals surface area contributed by atoms with Crippen molar-refractivity contribution < 1.29 is 14.3 Å². The lowest BCUT2D eigenvalue weighted by Gasteiger charge is -2.23. The van der Waals surface area contributed by atoms with Crippen molar-refractivity contribution in [2.75, 3.05) is 32.7 Å². The average Bonchev–Trinajstić information content (AvgIpc) is 3.45. The van der Waals surface area contributed by atoms with Gasteiger partial charge in [0, 0.05) is 38.0 Å². The Bertz CT molecular complexity index is 792. The molecule has 2 amide bonds. The molecule has 0 radical (unpaired) electrons. The fourth-order valence-corrected chi connectivity index (χ4v) is 5.26. The third-order valence-electron chi connectivity index (χ3n) is 6.55. The molecule has 1 aromatic carbocycles. The van der Waals surface area contributed by atoms with Gasteiger partial charge in [0.25, 0.3) is 11.8 Å². The minimum Gasteiger partial charge on any atom is -0.374 e. The maximum Gasteiger partial charge on any atom is 0.261 e. The first-order valence-corrected chi connectivity index (χ1v) is 10.3. The van der Waals surface area contributed by atoms with E-state index in [9.17, 15) is 9.59 Å². The van der Waals surface area contributed by atoms with Gasteiger partial charge in [-0.1, -0.05) is 12.1 Å². The standard InChI is InChI=1S/C21H26N4O3.HI/c1-2-22-21(24-11-15-16(12-24)18-8-7-17(15)28-18)23-9-10-25-19(26)13-5-3-4-6-14(13)20(25)27;/h3-6,15-18H,2,7-12H2,1H3,(H,22,23);1H. The van der Waals surface area contributed by atoms with E-state index in [4.69, 9.17) is 9.73 Å². The summed E-state index contributed by atoms with van der Waals surface area (Å²) in [4.78, 5) is 33.4. The van der Waals surface area contributed by atoms with Gasteiger partial charge in [0.2, 0.25) is 0 Å². The molecule has 3 fully saturated rings. The predicted molar refractivity (Wildman–Crippen MR) is 120 cm³/mol. The normalized spacial score (nSPS) is 29.9. The summed E-state index contributed by atoms with van der Waals surface area (Å²) in [5.41, 5.74) is 0.984. The number of carbonyl (C=O) groups excluding carboxylic acids is 2. The zero-order valence-electron chi connectivity index (χ0n) is 16.5. The summed E-state index contributed by atoms with van der Waals surface area (Å²) in [6.45, 7) is 5.51. The van der Waals surface area contributed by atoms with Crippen LogP contribution in [0.1, 0.15) is 40.5 Å². The molecule has 4 aliphatic rings. The second-order valence-corrected chi connectivity index (χ2v) is 8.07. The second-order valence-electron chi connectivity index (χ2n) is 8.07. The number of nitrogens with zero attached hydrogens (tertiary/aromatic N) is 3. The van der Waals surface area contributed by atoms with Crippen LogP contribution in [0, 0.1) is 11.8 Å². The number of imide groups is 1. The first-order chi connectivity index (χ1) is 13.7. The summed E-state index contributed by atoms with van der Waals surface area (Å²) >= 11 is 0. The van der Waals surface area contributed by atoms with Crippen molar-refractivity contribution in [3.05, 3.63) is 35.4 Å². The molecule has 4 unspecified atom stereocenters. The molecular weight excluding hydrogens is 483 g/mol. The minimum absolute atomic E-state index is 0. The van der Waals surface area contributed by atoms with Crippen LogP contribution in [-0.2, 0) is 4.74 Å². The Morgan fingerprint density at radius 1 is 1.10 bits per heavy atom. The SMILES string of the molecule is CCNC(=NCCN1C(=O)c2ccccc2C1=O)N1CC2C3CCC(O3)C2C1.I. The molecule has 7 nitrogen and oxygen atoms in total. The zero-order valence-corrected chi connectivity index (χ0v) is 18.9. The van der Waals surface area contributed by atoms with Gasteiger partial charge >= 0.3 is 0 Å². The molecule has 156 valence electrons. The Kier molecular flexibility index (Phi) is 5.83. The number of amides is 2. The van der Waals surface area contributed by atoms with Gasteiger partial charge in [-0.25, -0.2) is 0 Å². The van der Waals surface area contributed by atoms with Gasteiger partial charge in [0.05, 0.1) is 29.9 Å². The van der Waals surface area contributed by atoms with Crippen molar-refractivity contribution in [2.45, 2.75) is 32.0 Å². The van der Waals surface area contributed by atoms with Crippen LogP contribution in [-0.4, -0.2) is 72.5 Å². The third kappa shape index (κ3) is 3.43. The van der Waals surface area contributed by atoms with Crippen LogP contribution >= 0.6 is 24.0 Å². The Hall–Kier alpha value is -1.68. The molecule has 1 N–H and O–H groups in total. The maximum absolute atomic E-state index is 12.5. The number of hydrogen-bond acceptors (Lipinski definition) is 4. The van der Waals surface area contributed by atoms with Crippen LogP contribution in [0.5, 0.6) is 0 Å². The van der Waals surface area contributed by atoms with Gasteiger partial charge in [-0.05, 0) is 31.9 Å². The van der Waals surface area contributed by atoms with E-state index >= 15 is 0 Å². The number of ether oxygens (including phenoxy) is 1. The highest BCUT2D eigenvalue weighted by Gasteiger charge is 2.53. The molecule has 5 rings (SSSR count). The van der Waals surface area contributed by atoms with Gasteiger partial charge in [-0.3, -0.25) is 19.5 Å².